The molecule has 3 rings (SSSR count). The minimum atomic E-state index is -0.194. The number of ether oxygens (including phenoxy) is 1. The fourth-order valence-corrected chi connectivity index (χ4v) is 3.15. The molecule has 132 valence electrons. The summed E-state index contributed by atoms with van der Waals surface area (Å²) >= 11 is 0. The Hall–Kier alpha value is -1.66. The molecule has 3 atom stereocenters. The molecule has 1 aromatic rings. The molecule has 0 amide bonds. The second-order valence-electron chi connectivity index (χ2n) is 6.64. The van der Waals surface area contributed by atoms with Crippen LogP contribution in [0.5, 0.6) is 0 Å². The predicted molar refractivity (Wildman–Crippen MR) is 93.6 cm³/mol. The molecule has 1 heterocycles. The highest BCUT2D eigenvalue weighted by Crippen LogP contribution is 2.28. The topological polar surface area (TPSA) is 48.9 Å². The van der Waals surface area contributed by atoms with Crippen molar-refractivity contribution in [2.75, 3.05) is 39.9 Å². The van der Waals surface area contributed by atoms with E-state index in [4.69, 9.17) is 4.74 Å². The number of guanidine groups is 1. The van der Waals surface area contributed by atoms with Crippen LogP contribution in [0.2, 0.25) is 0 Å². The van der Waals surface area contributed by atoms with Gasteiger partial charge in [-0.3, -0.25) is 9.89 Å². The summed E-state index contributed by atoms with van der Waals surface area (Å²) in [5.74, 6) is 1.33. The Morgan fingerprint density at radius 2 is 2.17 bits per heavy atom. The van der Waals surface area contributed by atoms with E-state index in [0.29, 0.717) is 18.5 Å². The van der Waals surface area contributed by atoms with Crippen molar-refractivity contribution >= 4 is 5.96 Å². The Kier molecular flexibility index (Phi) is 5.68. The zero-order valence-electron chi connectivity index (χ0n) is 14.5. The zero-order valence-corrected chi connectivity index (χ0v) is 14.5. The minimum Gasteiger partial charge on any atom is -0.379 e. The van der Waals surface area contributed by atoms with Crippen LogP contribution >= 0.6 is 0 Å². The lowest BCUT2D eigenvalue weighted by atomic mass is 10.0. The Morgan fingerprint density at radius 1 is 1.42 bits per heavy atom. The fraction of sp³-hybridized carbons (Fsp3) is 0.611. The molecule has 0 spiro atoms. The molecule has 0 radical (unpaired) electrons. The van der Waals surface area contributed by atoms with E-state index in [1.165, 1.54) is 12.5 Å². The van der Waals surface area contributed by atoms with E-state index in [1.54, 1.807) is 19.2 Å². The number of morpholine rings is 1. The first-order valence-corrected chi connectivity index (χ1v) is 8.72. The number of benzene rings is 1. The van der Waals surface area contributed by atoms with Gasteiger partial charge >= 0.3 is 0 Å². The molecule has 0 bridgehead atoms. The molecule has 6 heteroatoms. The van der Waals surface area contributed by atoms with Crippen molar-refractivity contribution in [1.82, 2.24) is 15.5 Å². The third-order valence-electron chi connectivity index (χ3n) is 4.84. The molecule has 1 aliphatic carbocycles. The summed E-state index contributed by atoms with van der Waals surface area (Å²) in [6.07, 6.45) is 1.19. The molecular weight excluding hydrogens is 307 g/mol. The van der Waals surface area contributed by atoms with Gasteiger partial charge < -0.3 is 15.4 Å². The van der Waals surface area contributed by atoms with Crippen LogP contribution in [0, 0.1) is 11.7 Å². The van der Waals surface area contributed by atoms with E-state index < -0.39 is 0 Å². The lowest BCUT2D eigenvalue weighted by Gasteiger charge is -2.35. The van der Waals surface area contributed by atoms with E-state index in [9.17, 15) is 4.39 Å². The van der Waals surface area contributed by atoms with Crippen molar-refractivity contribution in [3.05, 3.63) is 35.6 Å². The van der Waals surface area contributed by atoms with Crippen LogP contribution in [-0.4, -0.2) is 56.8 Å². The molecule has 2 N–H and O–H groups in total. The van der Waals surface area contributed by atoms with Gasteiger partial charge in [-0.15, -0.1) is 0 Å². The first-order valence-electron chi connectivity index (χ1n) is 8.72. The van der Waals surface area contributed by atoms with Crippen molar-refractivity contribution in [2.45, 2.75) is 25.4 Å². The standard InChI is InChI=1S/C18H27FN4O/c1-13-10-16(13)22-18(20-2)21-12-17(23-6-8-24-9-7-23)14-4-3-5-15(19)11-14/h3-5,11,13,16-17H,6-10,12H2,1-2H3,(H2,20,21,22). The number of nitrogens with one attached hydrogen (secondary N) is 2. The Bertz CT molecular complexity index is 574. The van der Waals surface area contributed by atoms with Gasteiger partial charge in [0.15, 0.2) is 5.96 Å². The van der Waals surface area contributed by atoms with Crippen LogP contribution in [0.4, 0.5) is 4.39 Å². The Balaban J connectivity index is 1.67. The molecule has 0 aromatic heterocycles. The normalized spacial score (nSPS) is 26.0. The van der Waals surface area contributed by atoms with Crippen LogP contribution in [0.1, 0.15) is 24.9 Å². The van der Waals surface area contributed by atoms with Gasteiger partial charge in [0.1, 0.15) is 5.82 Å². The highest BCUT2D eigenvalue weighted by Gasteiger charge is 2.33. The minimum absolute atomic E-state index is 0.0970. The lowest BCUT2D eigenvalue weighted by molar-refractivity contribution is 0.0169. The molecule has 1 aliphatic heterocycles. The third-order valence-corrected chi connectivity index (χ3v) is 4.84. The molecule has 1 saturated heterocycles. The summed E-state index contributed by atoms with van der Waals surface area (Å²) in [4.78, 5) is 6.65. The number of aliphatic imine (C=N–C) groups is 1. The first-order chi connectivity index (χ1) is 11.7. The monoisotopic (exact) mass is 334 g/mol. The van der Waals surface area contributed by atoms with Crippen LogP contribution in [0.25, 0.3) is 0 Å². The highest BCUT2D eigenvalue weighted by atomic mass is 19.1. The first kappa shape index (κ1) is 17.2. The van der Waals surface area contributed by atoms with Gasteiger partial charge in [-0.1, -0.05) is 19.1 Å². The summed E-state index contributed by atoms with van der Waals surface area (Å²) in [5, 5.41) is 6.84. The van der Waals surface area contributed by atoms with Crippen molar-refractivity contribution in [2.24, 2.45) is 10.9 Å². The third kappa shape index (κ3) is 4.45. The smallest absolute Gasteiger partial charge is 0.191 e. The van der Waals surface area contributed by atoms with Crippen LogP contribution in [0.15, 0.2) is 29.3 Å². The zero-order chi connectivity index (χ0) is 16.9. The summed E-state index contributed by atoms with van der Waals surface area (Å²) < 4.78 is 19.1. The molecular formula is C18H27FN4O. The van der Waals surface area contributed by atoms with Gasteiger partial charge in [0.25, 0.3) is 0 Å². The predicted octanol–water partition coefficient (Wildman–Crippen LogP) is 1.77. The van der Waals surface area contributed by atoms with Gasteiger partial charge in [0.05, 0.1) is 19.3 Å². The summed E-state index contributed by atoms with van der Waals surface area (Å²) in [7, 11) is 1.79. The van der Waals surface area contributed by atoms with Crippen LogP contribution in [-0.2, 0) is 4.74 Å². The molecule has 2 aliphatic rings. The summed E-state index contributed by atoms with van der Waals surface area (Å²) in [6.45, 7) is 6.07. The van der Waals surface area contributed by atoms with Crippen LogP contribution in [0.3, 0.4) is 0 Å². The molecule has 24 heavy (non-hydrogen) atoms. The summed E-state index contributed by atoms with van der Waals surface area (Å²) in [5.41, 5.74) is 0.986. The summed E-state index contributed by atoms with van der Waals surface area (Å²) in [6, 6.07) is 7.50. The van der Waals surface area contributed by atoms with E-state index >= 15 is 0 Å². The van der Waals surface area contributed by atoms with E-state index in [1.807, 2.05) is 6.07 Å². The van der Waals surface area contributed by atoms with E-state index in [0.717, 1.165) is 37.8 Å². The van der Waals surface area contributed by atoms with Crippen molar-refractivity contribution in [3.63, 3.8) is 0 Å². The maximum atomic E-state index is 13.7. The second kappa shape index (κ2) is 7.94. The number of rotatable bonds is 5. The van der Waals surface area contributed by atoms with Crippen molar-refractivity contribution in [3.8, 4) is 0 Å². The van der Waals surface area contributed by atoms with Gasteiger partial charge in [-0.2, -0.15) is 0 Å². The SMILES string of the molecule is CN=C(NCC(c1cccc(F)c1)N1CCOCC1)NC1CC1C. The van der Waals surface area contributed by atoms with E-state index in [2.05, 4.69) is 27.4 Å². The Morgan fingerprint density at radius 3 is 2.79 bits per heavy atom. The lowest BCUT2D eigenvalue weighted by Crippen LogP contribution is -2.46. The second-order valence-corrected chi connectivity index (χ2v) is 6.64. The van der Waals surface area contributed by atoms with Crippen molar-refractivity contribution in [1.29, 1.82) is 0 Å². The van der Waals surface area contributed by atoms with Gasteiger partial charge in [0.2, 0.25) is 0 Å². The average molecular weight is 334 g/mol. The molecule has 1 aromatic carbocycles. The number of hydrogen-bond donors (Lipinski definition) is 2. The molecule has 1 saturated carbocycles. The molecule has 5 nitrogen and oxygen atoms in total. The fourth-order valence-electron chi connectivity index (χ4n) is 3.15. The van der Waals surface area contributed by atoms with Gasteiger partial charge in [0, 0.05) is 32.7 Å². The largest absolute Gasteiger partial charge is 0.379 e. The van der Waals surface area contributed by atoms with Crippen molar-refractivity contribution < 1.29 is 9.13 Å². The Labute approximate surface area is 143 Å². The van der Waals surface area contributed by atoms with Gasteiger partial charge in [-0.05, 0) is 30.0 Å². The number of hydrogen-bond acceptors (Lipinski definition) is 3. The van der Waals surface area contributed by atoms with E-state index in [-0.39, 0.29) is 11.9 Å². The molecule has 2 fully saturated rings. The number of nitrogens with zero attached hydrogens (tertiary/aromatic N) is 2. The van der Waals surface area contributed by atoms with Gasteiger partial charge in [-0.25, -0.2) is 4.39 Å². The molecule has 3 unspecified atom stereocenters. The number of halogens is 1. The highest BCUT2D eigenvalue weighted by molar-refractivity contribution is 5.80. The quantitative estimate of drug-likeness (QED) is 0.636. The maximum absolute atomic E-state index is 13.7. The maximum Gasteiger partial charge on any atom is 0.191 e. The van der Waals surface area contributed by atoms with Crippen LogP contribution < -0.4 is 10.6 Å². The average Bonchev–Trinajstić information content (AvgIpc) is 3.30.